The lowest BCUT2D eigenvalue weighted by Gasteiger charge is -1.89. The van der Waals surface area contributed by atoms with Crippen LogP contribution in [0.15, 0.2) is 30.3 Å². The molecule has 16 heavy (non-hydrogen) atoms. The summed E-state index contributed by atoms with van der Waals surface area (Å²) in [5.41, 5.74) is 0.965. The molecule has 0 bridgehead atoms. The highest BCUT2D eigenvalue weighted by Crippen LogP contribution is 1.95. The molecule has 0 aliphatic carbocycles. The van der Waals surface area contributed by atoms with Crippen molar-refractivity contribution in [3.63, 3.8) is 0 Å². The standard InChI is InChI=1S/C7H8O.C6H9.BrH.Mg/c8-6-7-4-2-1-3-5-7;1-3-5-6-4-2;;/h1-5,8H,6H2;3,5-6H2,1H3;1H;/q;;;+2. The topological polar surface area (TPSA) is 20.2 Å². The molecule has 1 aromatic rings. The highest BCUT2D eigenvalue weighted by Gasteiger charge is 2.17. The van der Waals surface area contributed by atoms with Gasteiger partial charge in [0, 0.05) is 6.42 Å². The van der Waals surface area contributed by atoms with Crippen LogP contribution in [0.3, 0.4) is 0 Å². The number of hydrogen-bond acceptors (Lipinski definition) is 1. The Bertz CT molecular complexity index is 290. The first-order valence-corrected chi connectivity index (χ1v) is 5.95. The molecule has 7 radical (unpaired) electrons. The molecule has 0 unspecified atom stereocenters. The average molecular weight is 294 g/mol. The third-order valence-electron chi connectivity index (χ3n) is 1.81. The maximum Gasteiger partial charge on any atom is 1.54 e. The highest BCUT2D eigenvalue weighted by atomic mass is 79.9. The van der Waals surface area contributed by atoms with Gasteiger partial charge in [0.1, 0.15) is 0 Å². The number of halogens is 1. The van der Waals surface area contributed by atoms with Crippen LogP contribution >= 0.6 is 17.0 Å². The minimum absolute atomic E-state index is 0. The molecule has 1 N–H and O–H groups in total. The lowest BCUT2D eigenvalue weighted by Crippen LogP contribution is -1.77. The number of unbranched alkanes of at least 4 members (excludes halogenated alkanes) is 2. The summed E-state index contributed by atoms with van der Waals surface area (Å²) in [6, 6.07) is 9.52. The van der Waals surface area contributed by atoms with Crippen molar-refractivity contribution in [2.24, 2.45) is 0 Å². The minimum atomic E-state index is 0. The molecule has 0 amide bonds. The molecule has 0 saturated carbocycles. The Balaban J connectivity index is 0. The summed E-state index contributed by atoms with van der Waals surface area (Å²) >= 11 is 1.72. The van der Waals surface area contributed by atoms with Gasteiger partial charge in [-0.3, -0.25) is 0 Å². The van der Waals surface area contributed by atoms with E-state index >= 15 is 0 Å². The van der Waals surface area contributed by atoms with Gasteiger partial charge in [-0.1, -0.05) is 43.7 Å². The zero-order chi connectivity index (χ0) is 11.4. The van der Waals surface area contributed by atoms with Crippen LogP contribution in [0.5, 0.6) is 0 Å². The second-order valence-corrected chi connectivity index (χ2v) is 3.45. The van der Waals surface area contributed by atoms with Gasteiger partial charge in [0.05, 0.1) is 6.61 Å². The molecule has 0 atom stereocenters. The van der Waals surface area contributed by atoms with Gasteiger partial charge in [-0.2, -0.15) is 0 Å². The molecule has 3 heteroatoms. The highest BCUT2D eigenvalue weighted by molar-refractivity contribution is 8.93. The van der Waals surface area contributed by atoms with Crippen LogP contribution in [0.2, 0.25) is 0 Å². The van der Waals surface area contributed by atoms with Gasteiger partial charge in [-0.15, -0.1) is 17.0 Å². The zero-order valence-corrected chi connectivity index (χ0v) is 12.9. The van der Waals surface area contributed by atoms with E-state index in [-0.39, 0.29) is 23.6 Å². The lowest BCUT2D eigenvalue weighted by atomic mass is 10.2. The Morgan fingerprint density at radius 1 is 1.25 bits per heavy atom. The molecule has 0 heterocycles. The predicted octanol–water partition coefficient (Wildman–Crippen LogP) is 3.06. The minimum Gasteiger partial charge on any atom is -0.392 e. The SMILES string of the molecule is Br.CCCCC#[C][Mg+2].OCc1ccccc1. The summed E-state index contributed by atoms with van der Waals surface area (Å²) in [6.45, 7) is 2.32. The first kappa shape index (κ1) is 18.4. The Labute approximate surface area is 122 Å². The summed E-state index contributed by atoms with van der Waals surface area (Å²) in [5.74, 6) is 3.01. The third kappa shape index (κ3) is 12.1. The van der Waals surface area contributed by atoms with E-state index in [1.54, 1.807) is 21.7 Å². The van der Waals surface area contributed by atoms with Crippen molar-refractivity contribution in [2.75, 3.05) is 0 Å². The third-order valence-corrected chi connectivity index (χ3v) is 2.06. The zero-order valence-electron chi connectivity index (χ0n) is 9.78. The maximum absolute atomic E-state index is 8.54. The fourth-order valence-corrected chi connectivity index (χ4v) is 1.11. The van der Waals surface area contributed by atoms with Gasteiger partial charge in [0.15, 0.2) is 0 Å². The van der Waals surface area contributed by atoms with E-state index in [4.69, 9.17) is 5.11 Å². The molecule has 0 aliphatic rings. The van der Waals surface area contributed by atoms with Crippen LogP contribution in [0, 0.1) is 9.97 Å². The fourth-order valence-electron chi connectivity index (χ4n) is 0.937. The van der Waals surface area contributed by atoms with Crippen LogP contribution in [0.1, 0.15) is 31.7 Å². The van der Waals surface area contributed by atoms with Crippen molar-refractivity contribution in [2.45, 2.75) is 32.8 Å². The maximum atomic E-state index is 8.54. The second kappa shape index (κ2) is 15.0. The monoisotopic (exact) mass is 293 g/mol. The Morgan fingerprint density at radius 2 is 1.88 bits per heavy atom. The number of hydrogen-bond donors (Lipinski definition) is 1. The van der Waals surface area contributed by atoms with Gasteiger partial charge >= 0.3 is 25.8 Å². The van der Waals surface area contributed by atoms with Crippen molar-refractivity contribution in [1.29, 1.82) is 0 Å². The van der Waals surface area contributed by atoms with Crippen LogP contribution in [-0.4, -0.2) is 26.8 Å². The Kier molecular flexibility index (Phi) is 17.2. The number of benzene rings is 1. The quantitative estimate of drug-likeness (QED) is 0.516. The van der Waals surface area contributed by atoms with Crippen molar-refractivity contribution in [3.8, 4) is 9.97 Å². The van der Waals surface area contributed by atoms with E-state index in [9.17, 15) is 0 Å². The van der Waals surface area contributed by atoms with E-state index in [0.717, 1.165) is 12.0 Å². The van der Waals surface area contributed by atoms with Gasteiger partial charge in [0.25, 0.3) is 0 Å². The van der Waals surface area contributed by atoms with Gasteiger partial charge in [-0.05, 0) is 17.9 Å². The molecule has 0 fully saturated rings. The Morgan fingerprint density at radius 3 is 2.25 bits per heavy atom. The molecular formula is C13H18BrMgO+2. The molecule has 0 aromatic heterocycles. The van der Waals surface area contributed by atoms with Gasteiger partial charge in [0.2, 0.25) is 0 Å². The summed E-state index contributed by atoms with van der Waals surface area (Å²) in [5, 5.41) is 8.54. The van der Waals surface area contributed by atoms with Crippen LogP contribution in [0.4, 0.5) is 0 Å². The van der Waals surface area contributed by atoms with E-state index in [1.165, 1.54) is 12.8 Å². The first-order chi connectivity index (χ1) is 7.35. The van der Waals surface area contributed by atoms with E-state index in [1.807, 2.05) is 30.3 Å². The van der Waals surface area contributed by atoms with Gasteiger partial charge < -0.3 is 5.11 Å². The fraction of sp³-hybridized carbons (Fsp3) is 0.385. The van der Waals surface area contributed by atoms with Crippen LogP contribution in [-0.2, 0) is 6.61 Å². The molecule has 1 nitrogen and oxygen atoms in total. The molecule has 0 saturated heterocycles. The summed E-state index contributed by atoms with van der Waals surface area (Å²) in [7, 11) is 0. The predicted molar refractivity (Wildman–Crippen MR) is 75.7 cm³/mol. The summed E-state index contributed by atoms with van der Waals surface area (Å²) in [6.07, 6.45) is 3.60. The molecule has 0 spiro atoms. The van der Waals surface area contributed by atoms with E-state index in [2.05, 4.69) is 16.9 Å². The van der Waals surface area contributed by atoms with Crippen molar-refractivity contribution in [3.05, 3.63) is 35.9 Å². The molecule has 83 valence electrons. The van der Waals surface area contributed by atoms with Crippen LogP contribution < -0.4 is 0 Å². The first-order valence-electron chi connectivity index (χ1n) is 5.24. The number of aliphatic hydroxyl groups excluding tert-OH is 1. The molecular weight excluding hydrogens is 276 g/mol. The largest absolute Gasteiger partial charge is 1.54 e. The molecule has 0 aliphatic heterocycles. The average Bonchev–Trinajstić information content (AvgIpc) is 2.32. The van der Waals surface area contributed by atoms with E-state index < -0.39 is 0 Å². The molecule has 1 rings (SSSR count). The molecule has 1 aromatic carbocycles. The summed E-state index contributed by atoms with van der Waals surface area (Å²) in [4.78, 5) is 0. The van der Waals surface area contributed by atoms with Crippen molar-refractivity contribution < 1.29 is 5.11 Å². The lowest BCUT2D eigenvalue weighted by molar-refractivity contribution is 0.282. The number of rotatable bonds is 3. The van der Waals surface area contributed by atoms with Crippen LogP contribution in [0.25, 0.3) is 0 Å². The van der Waals surface area contributed by atoms with Gasteiger partial charge in [-0.25, -0.2) is 0 Å². The normalized spacial score (nSPS) is 7.69. The van der Waals surface area contributed by atoms with Crippen molar-refractivity contribution >= 4 is 38.7 Å². The Hall–Kier alpha value is -0.0138. The van der Waals surface area contributed by atoms with E-state index in [0.29, 0.717) is 0 Å². The summed E-state index contributed by atoms with van der Waals surface area (Å²) < 4.78 is 2.88. The number of aliphatic hydroxyl groups is 1. The smallest absolute Gasteiger partial charge is 0.392 e. The second-order valence-electron chi connectivity index (χ2n) is 3.10. The van der Waals surface area contributed by atoms with Crippen molar-refractivity contribution in [1.82, 2.24) is 0 Å².